The summed E-state index contributed by atoms with van der Waals surface area (Å²) in [6.07, 6.45) is 0. The molecule has 3 rings (SSSR count). The summed E-state index contributed by atoms with van der Waals surface area (Å²) in [5, 5.41) is 4.08. The largest absolute Gasteiger partial charge is 0.338 e. The minimum Gasteiger partial charge on any atom is -0.338 e. The van der Waals surface area contributed by atoms with Crippen molar-refractivity contribution in [1.29, 1.82) is 0 Å². The van der Waals surface area contributed by atoms with Crippen LogP contribution < -0.4 is 0 Å². The van der Waals surface area contributed by atoms with Gasteiger partial charge in [0.05, 0.1) is 10.9 Å². The number of nitrogens with zero attached hydrogens (tertiary/aromatic N) is 3. The number of aromatic nitrogens is 2. The highest BCUT2D eigenvalue weighted by atomic mass is 35.5. The zero-order valence-electron chi connectivity index (χ0n) is 12.4. The molecule has 0 spiro atoms. The van der Waals surface area contributed by atoms with Gasteiger partial charge in [0.25, 0.3) is 0 Å². The molecule has 0 unspecified atom stereocenters. The molecule has 0 aliphatic rings. The Balaban J connectivity index is 1.68. The number of benzene rings is 1. The summed E-state index contributed by atoms with van der Waals surface area (Å²) in [6.45, 7) is 3.45. The first-order valence-electron chi connectivity index (χ1n) is 6.93. The van der Waals surface area contributed by atoms with Gasteiger partial charge >= 0.3 is 0 Å². The van der Waals surface area contributed by atoms with Crippen LogP contribution in [0.4, 0.5) is 0 Å². The van der Waals surface area contributed by atoms with Gasteiger partial charge in [-0.05, 0) is 31.7 Å². The molecule has 0 N–H and O–H groups in total. The normalized spacial score (nSPS) is 11.3. The molecule has 4 nitrogen and oxygen atoms in total. The molecule has 0 radical (unpaired) electrons. The number of halogens is 1. The third kappa shape index (κ3) is 3.55. The minimum absolute atomic E-state index is 0.606. The Morgan fingerprint density at radius 2 is 2.00 bits per heavy atom. The molecule has 3 aromatic rings. The van der Waals surface area contributed by atoms with Crippen molar-refractivity contribution in [3.05, 3.63) is 57.1 Å². The molecule has 0 aliphatic heterocycles. The van der Waals surface area contributed by atoms with Gasteiger partial charge in [-0.25, -0.2) is 0 Å². The van der Waals surface area contributed by atoms with Gasteiger partial charge in [-0.3, -0.25) is 4.90 Å². The lowest BCUT2D eigenvalue weighted by Gasteiger charge is -2.12. The first kappa shape index (κ1) is 15.2. The predicted octanol–water partition coefficient (Wildman–Crippen LogP) is 4.39. The third-order valence-electron chi connectivity index (χ3n) is 3.31. The minimum atomic E-state index is 0.606. The summed E-state index contributed by atoms with van der Waals surface area (Å²) >= 11 is 7.54. The second kappa shape index (κ2) is 6.60. The molecule has 1 aromatic carbocycles. The summed E-state index contributed by atoms with van der Waals surface area (Å²) < 4.78 is 6.17. The average Bonchev–Trinajstić information content (AvgIpc) is 3.09. The summed E-state index contributed by atoms with van der Waals surface area (Å²) in [7, 11) is 2.02. The quantitative estimate of drug-likeness (QED) is 0.694. The van der Waals surface area contributed by atoms with Crippen LogP contribution >= 0.6 is 22.9 Å². The van der Waals surface area contributed by atoms with Crippen LogP contribution in [0.2, 0.25) is 4.34 Å². The van der Waals surface area contributed by atoms with Gasteiger partial charge in [-0.2, -0.15) is 4.98 Å². The van der Waals surface area contributed by atoms with Crippen LogP contribution in [0.25, 0.3) is 11.4 Å². The van der Waals surface area contributed by atoms with Crippen LogP contribution in [0.15, 0.2) is 40.9 Å². The molecule has 0 aliphatic carbocycles. The molecule has 0 bridgehead atoms. The molecule has 2 heterocycles. The van der Waals surface area contributed by atoms with Crippen molar-refractivity contribution in [3.8, 4) is 11.4 Å². The van der Waals surface area contributed by atoms with E-state index in [1.165, 1.54) is 4.88 Å². The lowest BCUT2D eigenvalue weighted by atomic mass is 10.1. The zero-order chi connectivity index (χ0) is 15.5. The molecule has 0 saturated heterocycles. The Bertz CT molecular complexity index is 768. The van der Waals surface area contributed by atoms with Crippen molar-refractivity contribution >= 4 is 22.9 Å². The second-order valence-corrected chi connectivity index (χ2v) is 7.00. The molecule has 2 aromatic heterocycles. The highest BCUT2D eigenvalue weighted by Crippen LogP contribution is 2.23. The van der Waals surface area contributed by atoms with Crippen molar-refractivity contribution in [2.24, 2.45) is 0 Å². The number of aryl methyl sites for hydroxylation is 1. The Hall–Kier alpha value is -1.69. The standard InChI is InChI=1S/C16H16ClN3OS/c1-11-5-3-4-6-13(11)16-18-15(21-19-16)10-20(2)9-12-7-8-14(17)22-12/h3-8H,9-10H2,1-2H3. The Morgan fingerprint density at radius 1 is 1.18 bits per heavy atom. The van der Waals surface area contributed by atoms with E-state index >= 15 is 0 Å². The van der Waals surface area contributed by atoms with E-state index in [0.717, 1.165) is 22.0 Å². The maximum atomic E-state index is 5.95. The average molecular weight is 334 g/mol. The van der Waals surface area contributed by atoms with Gasteiger partial charge in [0, 0.05) is 17.0 Å². The van der Waals surface area contributed by atoms with E-state index in [1.807, 2.05) is 50.4 Å². The van der Waals surface area contributed by atoms with Crippen molar-refractivity contribution in [2.75, 3.05) is 7.05 Å². The number of hydrogen-bond donors (Lipinski definition) is 0. The maximum absolute atomic E-state index is 5.95. The van der Waals surface area contributed by atoms with Gasteiger partial charge in [-0.15, -0.1) is 11.3 Å². The highest BCUT2D eigenvalue weighted by molar-refractivity contribution is 7.16. The van der Waals surface area contributed by atoms with Crippen LogP contribution in [0.3, 0.4) is 0 Å². The number of hydrogen-bond acceptors (Lipinski definition) is 5. The molecule has 0 amide bonds. The molecule has 114 valence electrons. The fraction of sp³-hybridized carbons (Fsp3) is 0.250. The van der Waals surface area contributed by atoms with Crippen molar-refractivity contribution < 1.29 is 4.52 Å². The fourth-order valence-corrected chi connectivity index (χ4v) is 3.41. The molecule has 0 atom stereocenters. The van der Waals surface area contributed by atoms with Crippen LogP contribution in [0.1, 0.15) is 16.3 Å². The van der Waals surface area contributed by atoms with Crippen molar-refractivity contribution in [2.45, 2.75) is 20.0 Å². The smallest absolute Gasteiger partial charge is 0.241 e. The Labute approximate surface area is 138 Å². The van der Waals surface area contributed by atoms with Crippen LogP contribution in [0, 0.1) is 6.92 Å². The molecular formula is C16H16ClN3OS. The van der Waals surface area contributed by atoms with Gasteiger partial charge in [0.1, 0.15) is 0 Å². The van der Waals surface area contributed by atoms with Gasteiger partial charge in [0.15, 0.2) is 0 Å². The summed E-state index contributed by atoms with van der Waals surface area (Å²) in [6, 6.07) is 12.0. The molecule has 0 saturated carbocycles. The molecule has 22 heavy (non-hydrogen) atoms. The Morgan fingerprint density at radius 3 is 2.73 bits per heavy atom. The summed E-state index contributed by atoms with van der Waals surface area (Å²) in [4.78, 5) is 7.82. The molecule has 6 heteroatoms. The number of thiophene rings is 1. The molecular weight excluding hydrogens is 318 g/mol. The highest BCUT2D eigenvalue weighted by Gasteiger charge is 2.12. The second-order valence-electron chi connectivity index (χ2n) is 5.20. The van der Waals surface area contributed by atoms with Gasteiger partial charge in [0.2, 0.25) is 11.7 Å². The first-order chi connectivity index (χ1) is 10.6. The van der Waals surface area contributed by atoms with Crippen LogP contribution in [-0.2, 0) is 13.1 Å². The third-order valence-corrected chi connectivity index (χ3v) is 4.53. The SMILES string of the molecule is Cc1ccccc1-c1noc(CN(C)Cc2ccc(Cl)s2)n1. The number of rotatable bonds is 5. The summed E-state index contributed by atoms with van der Waals surface area (Å²) in [5.41, 5.74) is 2.14. The monoisotopic (exact) mass is 333 g/mol. The van der Waals surface area contributed by atoms with Crippen molar-refractivity contribution in [3.63, 3.8) is 0 Å². The summed E-state index contributed by atoms with van der Waals surface area (Å²) in [5.74, 6) is 1.25. The van der Waals surface area contributed by atoms with E-state index in [-0.39, 0.29) is 0 Å². The van der Waals surface area contributed by atoms with E-state index in [4.69, 9.17) is 16.1 Å². The van der Waals surface area contributed by atoms with E-state index in [1.54, 1.807) is 11.3 Å². The Kier molecular flexibility index (Phi) is 4.57. The van der Waals surface area contributed by atoms with Gasteiger partial charge in [-0.1, -0.05) is 41.0 Å². The topological polar surface area (TPSA) is 42.2 Å². The molecule has 0 fully saturated rings. The van der Waals surface area contributed by atoms with Gasteiger partial charge < -0.3 is 4.52 Å². The zero-order valence-corrected chi connectivity index (χ0v) is 14.0. The van der Waals surface area contributed by atoms with E-state index in [2.05, 4.69) is 15.0 Å². The van der Waals surface area contributed by atoms with E-state index in [9.17, 15) is 0 Å². The first-order valence-corrected chi connectivity index (χ1v) is 8.12. The maximum Gasteiger partial charge on any atom is 0.241 e. The van der Waals surface area contributed by atoms with E-state index < -0.39 is 0 Å². The van der Waals surface area contributed by atoms with E-state index in [0.29, 0.717) is 18.3 Å². The van der Waals surface area contributed by atoms with Crippen LogP contribution in [-0.4, -0.2) is 22.1 Å². The lowest BCUT2D eigenvalue weighted by Crippen LogP contribution is -2.16. The lowest BCUT2D eigenvalue weighted by molar-refractivity contribution is 0.262. The predicted molar refractivity (Wildman–Crippen MR) is 89.0 cm³/mol. The fourth-order valence-electron chi connectivity index (χ4n) is 2.24. The van der Waals surface area contributed by atoms with Crippen molar-refractivity contribution in [1.82, 2.24) is 15.0 Å². The van der Waals surface area contributed by atoms with Crippen LogP contribution in [0.5, 0.6) is 0 Å².